The summed E-state index contributed by atoms with van der Waals surface area (Å²) in [6.45, 7) is 12.6. The van der Waals surface area contributed by atoms with E-state index in [0.717, 1.165) is 5.56 Å². The van der Waals surface area contributed by atoms with Gasteiger partial charge in [-0.15, -0.1) is 0 Å². The smallest absolute Gasteiger partial charge is 0.407 e. The molecule has 0 unspecified atom stereocenters. The second-order valence-corrected chi connectivity index (χ2v) is 12.7. The van der Waals surface area contributed by atoms with Gasteiger partial charge in [-0.05, 0) is 57.4 Å². The topological polar surface area (TPSA) is 163 Å². The fraction of sp³-hybridized carbons (Fsp3) is 0.656. The summed E-state index contributed by atoms with van der Waals surface area (Å²) in [6, 6.07) is 5.26. The van der Waals surface area contributed by atoms with Crippen molar-refractivity contribution in [2.75, 3.05) is 13.7 Å². The predicted octanol–water partition coefficient (Wildman–Crippen LogP) is 2.32. The number of aliphatic hydroxyl groups is 1. The molecule has 0 aliphatic carbocycles. The van der Waals surface area contributed by atoms with E-state index >= 15 is 0 Å². The van der Waals surface area contributed by atoms with Crippen LogP contribution in [0.15, 0.2) is 30.3 Å². The lowest BCUT2D eigenvalue weighted by Crippen LogP contribution is -2.59. The number of hydrogen-bond acceptors (Lipinski definition) is 8. The number of benzene rings is 1. The van der Waals surface area contributed by atoms with Crippen LogP contribution in [0.25, 0.3) is 0 Å². The molecule has 12 nitrogen and oxygen atoms in total. The van der Waals surface area contributed by atoms with Crippen LogP contribution in [0.4, 0.5) is 4.79 Å². The van der Waals surface area contributed by atoms with Crippen molar-refractivity contribution in [1.29, 1.82) is 0 Å². The largest absolute Gasteiger partial charge is 0.467 e. The van der Waals surface area contributed by atoms with Crippen LogP contribution in [-0.4, -0.2) is 89.3 Å². The number of carbonyl (C=O) groups excluding carboxylic acids is 5. The summed E-state index contributed by atoms with van der Waals surface area (Å²) < 4.78 is 10.2. The number of methoxy groups -OCH3 is 1. The monoisotopic (exact) mass is 618 g/mol. The molecule has 1 aromatic carbocycles. The van der Waals surface area contributed by atoms with E-state index in [9.17, 15) is 29.1 Å². The molecule has 1 aliphatic heterocycles. The van der Waals surface area contributed by atoms with Crippen molar-refractivity contribution in [3.63, 3.8) is 0 Å². The minimum absolute atomic E-state index is 0.144. The third-order valence-electron chi connectivity index (χ3n) is 7.69. The Morgan fingerprint density at radius 2 is 1.64 bits per heavy atom. The van der Waals surface area contributed by atoms with Gasteiger partial charge in [0.05, 0.1) is 13.2 Å². The Hall–Kier alpha value is -3.67. The standard InChI is InChI=1S/C32H50N4O8/c1-9-20(4)25(28(39)34-24(19(2)3)30(41)43-8)35-27(38)23-16-13-17-36(23)29(40)26(37)22(18-21-14-11-10-12-15-21)33-31(42)44-32(5,6)7/h10-12,14-15,19-20,22-26,37H,9,13,16-18H2,1-8H3,(H,33,42)(H,34,39)(H,35,38)/t20-,22-,23-,24-,25-,26-/m0/s1. The van der Waals surface area contributed by atoms with E-state index in [2.05, 4.69) is 16.0 Å². The van der Waals surface area contributed by atoms with Gasteiger partial charge in [0.2, 0.25) is 11.8 Å². The number of aliphatic hydroxyl groups excluding tert-OH is 1. The minimum atomic E-state index is -1.67. The molecule has 4 amide bonds. The number of esters is 1. The van der Waals surface area contributed by atoms with Crippen molar-refractivity contribution in [2.45, 2.75) is 110 Å². The first-order valence-electron chi connectivity index (χ1n) is 15.3. The van der Waals surface area contributed by atoms with Crippen LogP contribution in [-0.2, 0) is 35.1 Å². The van der Waals surface area contributed by atoms with E-state index in [0.29, 0.717) is 19.3 Å². The Bertz CT molecular complexity index is 1140. The highest BCUT2D eigenvalue weighted by molar-refractivity contribution is 5.94. The third kappa shape index (κ3) is 10.5. The molecule has 44 heavy (non-hydrogen) atoms. The molecule has 1 aliphatic rings. The number of hydrogen-bond donors (Lipinski definition) is 4. The van der Waals surface area contributed by atoms with Gasteiger partial charge in [-0.25, -0.2) is 9.59 Å². The van der Waals surface area contributed by atoms with Crippen LogP contribution in [0.1, 0.15) is 73.3 Å². The second kappa shape index (κ2) is 16.4. The number of carbonyl (C=O) groups is 5. The molecule has 1 fully saturated rings. The van der Waals surface area contributed by atoms with Gasteiger partial charge in [0, 0.05) is 6.54 Å². The zero-order valence-corrected chi connectivity index (χ0v) is 27.2. The van der Waals surface area contributed by atoms with Gasteiger partial charge in [-0.1, -0.05) is 64.4 Å². The van der Waals surface area contributed by atoms with Crippen molar-refractivity contribution in [1.82, 2.24) is 20.9 Å². The van der Waals surface area contributed by atoms with E-state index in [-0.39, 0.29) is 24.8 Å². The number of nitrogens with zero attached hydrogens (tertiary/aromatic N) is 1. The van der Waals surface area contributed by atoms with Gasteiger partial charge in [0.1, 0.15) is 23.7 Å². The fourth-order valence-electron chi connectivity index (χ4n) is 5.03. The van der Waals surface area contributed by atoms with Crippen LogP contribution in [0.5, 0.6) is 0 Å². The number of ether oxygens (including phenoxy) is 2. The predicted molar refractivity (Wildman–Crippen MR) is 164 cm³/mol. The van der Waals surface area contributed by atoms with Gasteiger partial charge in [-0.2, -0.15) is 0 Å². The molecule has 0 bridgehead atoms. The molecule has 0 radical (unpaired) electrons. The number of amides is 4. The minimum Gasteiger partial charge on any atom is -0.467 e. The number of rotatable bonds is 13. The molecule has 1 heterocycles. The van der Waals surface area contributed by atoms with Crippen molar-refractivity contribution < 1.29 is 38.6 Å². The molecule has 246 valence electrons. The maximum Gasteiger partial charge on any atom is 0.407 e. The molecule has 0 saturated carbocycles. The Balaban J connectivity index is 2.24. The van der Waals surface area contributed by atoms with Crippen LogP contribution in [0, 0.1) is 11.8 Å². The maximum absolute atomic E-state index is 13.7. The quantitative estimate of drug-likeness (QED) is 0.245. The van der Waals surface area contributed by atoms with Crippen LogP contribution >= 0.6 is 0 Å². The van der Waals surface area contributed by atoms with E-state index < -0.39 is 65.7 Å². The van der Waals surface area contributed by atoms with Gasteiger partial charge in [0.25, 0.3) is 5.91 Å². The van der Waals surface area contributed by atoms with Crippen molar-refractivity contribution in [3.8, 4) is 0 Å². The van der Waals surface area contributed by atoms with Gasteiger partial charge >= 0.3 is 12.1 Å². The first-order valence-corrected chi connectivity index (χ1v) is 15.3. The molecule has 1 saturated heterocycles. The number of nitrogens with one attached hydrogen (secondary N) is 3. The molecule has 0 aromatic heterocycles. The Morgan fingerprint density at radius 1 is 1.00 bits per heavy atom. The van der Waals surface area contributed by atoms with E-state index in [1.165, 1.54) is 12.0 Å². The average Bonchev–Trinajstić information content (AvgIpc) is 3.46. The zero-order valence-electron chi connectivity index (χ0n) is 27.2. The Kier molecular flexibility index (Phi) is 13.6. The third-order valence-corrected chi connectivity index (χ3v) is 7.69. The van der Waals surface area contributed by atoms with Crippen molar-refractivity contribution >= 4 is 29.8 Å². The Morgan fingerprint density at radius 3 is 2.18 bits per heavy atom. The molecule has 1 aromatic rings. The van der Waals surface area contributed by atoms with Gasteiger partial charge in [-0.3, -0.25) is 14.4 Å². The summed E-state index contributed by atoms with van der Waals surface area (Å²) in [7, 11) is 1.24. The van der Waals surface area contributed by atoms with E-state index in [1.54, 1.807) is 34.6 Å². The lowest BCUT2D eigenvalue weighted by atomic mass is 9.96. The molecular formula is C32H50N4O8. The van der Waals surface area contributed by atoms with E-state index in [1.807, 2.05) is 44.2 Å². The summed E-state index contributed by atoms with van der Waals surface area (Å²) in [5, 5.41) is 19.4. The maximum atomic E-state index is 13.7. The highest BCUT2D eigenvalue weighted by atomic mass is 16.6. The Labute approximate surface area is 260 Å². The first kappa shape index (κ1) is 36.5. The molecular weight excluding hydrogens is 568 g/mol. The second-order valence-electron chi connectivity index (χ2n) is 12.7. The van der Waals surface area contributed by atoms with E-state index in [4.69, 9.17) is 9.47 Å². The number of alkyl carbamates (subject to hydrolysis) is 1. The van der Waals surface area contributed by atoms with Crippen molar-refractivity contribution in [3.05, 3.63) is 35.9 Å². The average molecular weight is 619 g/mol. The summed E-state index contributed by atoms with van der Waals surface area (Å²) >= 11 is 0. The molecule has 4 N–H and O–H groups in total. The van der Waals surface area contributed by atoms with Gasteiger partial charge in [0.15, 0.2) is 6.10 Å². The number of likely N-dealkylation sites (tertiary alicyclic amines) is 1. The van der Waals surface area contributed by atoms with Crippen LogP contribution in [0.2, 0.25) is 0 Å². The SMILES string of the molecule is CC[C@H](C)[C@H](NC(=O)[C@@H]1CCCN1C(=O)[C@@H](O)[C@H](Cc1ccccc1)NC(=O)OC(C)(C)C)C(=O)N[C@H](C(=O)OC)C(C)C. The van der Waals surface area contributed by atoms with Crippen molar-refractivity contribution in [2.24, 2.45) is 11.8 Å². The normalized spacial score (nSPS) is 18.4. The highest BCUT2D eigenvalue weighted by Crippen LogP contribution is 2.22. The zero-order chi connectivity index (χ0) is 33.2. The van der Waals surface area contributed by atoms with Crippen LogP contribution in [0.3, 0.4) is 0 Å². The molecule has 0 spiro atoms. The lowest BCUT2D eigenvalue weighted by Gasteiger charge is -2.32. The summed E-state index contributed by atoms with van der Waals surface area (Å²) in [5.41, 5.74) is -0.0101. The summed E-state index contributed by atoms with van der Waals surface area (Å²) in [4.78, 5) is 66.7. The summed E-state index contributed by atoms with van der Waals surface area (Å²) in [5.74, 6) is -2.90. The first-order chi connectivity index (χ1) is 20.6. The summed E-state index contributed by atoms with van der Waals surface area (Å²) in [6.07, 6.45) is -0.903. The van der Waals surface area contributed by atoms with Gasteiger partial charge < -0.3 is 35.4 Å². The molecule has 12 heteroatoms. The molecule has 6 atom stereocenters. The lowest BCUT2D eigenvalue weighted by molar-refractivity contribution is -0.148. The molecule has 2 rings (SSSR count). The highest BCUT2D eigenvalue weighted by Gasteiger charge is 2.41. The van der Waals surface area contributed by atoms with Crippen LogP contribution < -0.4 is 16.0 Å². The fourth-order valence-corrected chi connectivity index (χ4v) is 5.03.